The first-order valence-corrected chi connectivity index (χ1v) is 7.56. The summed E-state index contributed by atoms with van der Waals surface area (Å²) in [7, 11) is 1.84. The summed E-state index contributed by atoms with van der Waals surface area (Å²) in [5.74, 6) is -0.787. The minimum Gasteiger partial charge on any atom is -0.481 e. The van der Waals surface area contributed by atoms with Gasteiger partial charge in [0.2, 0.25) is 0 Å². The summed E-state index contributed by atoms with van der Waals surface area (Å²) < 4.78 is 0. The number of carboxylic acids is 1. The molecule has 1 saturated heterocycles. The smallest absolute Gasteiger partial charge is 0.320 e. The van der Waals surface area contributed by atoms with E-state index in [-0.39, 0.29) is 24.0 Å². The maximum Gasteiger partial charge on any atom is 0.320 e. The van der Waals surface area contributed by atoms with Gasteiger partial charge in [-0.25, -0.2) is 4.79 Å². The maximum atomic E-state index is 12.7. The summed E-state index contributed by atoms with van der Waals surface area (Å²) >= 11 is 0. The normalized spacial score (nSPS) is 19.8. The largest absolute Gasteiger partial charge is 0.481 e. The van der Waals surface area contributed by atoms with Crippen LogP contribution in [0.4, 0.5) is 4.79 Å². The van der Waals surface area contributed by atoms with Gasteiger partial charge >= 0.3 is 12.0 Å². The number of carboxylic acid groups (broad SMARTS) is 1. The molecule has 0 saturated carbocycles. The number of nitrogens with zero attached hydrogens (tertiary/aromatic N) is 2. The zero-order valence-corrected chi connectivity index (χ0v) is 13.2. The lowest BCUT2D eigenvalue weighted by atomic mass is 9.97. The molecule has 1 unspecified atom stereocenters. The Hall–Kier alpha value is -1.26. The van der Waals surface area contributed by atoms with Gasteiger partial charge in [-0.1, -0.05) is 6.92 Å². The van der Waals surface area contributed by atoms with Crippen LogP contribution >= 0.6 is 0 Å². The highest BCUT2D eigenvalue weighted by atomic mass is 16.4. The lowest BCUT2D eigenvalue weighted by Crippen LogP contribution is -2.55. The van der Waals surface area contributed by atoms with Crippen LogP contribution in [0.3, 0.4) is 0 Å². The second-order valence-corrected chi connectivity index (χ2v) is 6.28. The van der Waals surface area contributed by atoms with E-state index in [4.69, 9.17) is 5.11 Å². The number of carbonyl (C=O) groups is 2. The third-order valence-electron chi connectivity index (χ3n) is 4.62. The molecule has 20 heavy (non-hydrogen) atoms. The van der Waals surface area contributed by atoms with Crippen molar-refractivity contribution in [3.8, 4) is 0 Å². The molecule has 0 bridgehead atoms. The van der Waals surface area contributed by atoms with Crippen molar-refractivity contribution in [2.24, 2.45) is 0 Å². The molecule has 116 valence electrons. The van der Waals surface area contributed by atoms with Crippen LogP contribution in [0.15, 0.2) is 0 Å². The molecule has 0 aromatic heterocycles. The second-order valence-electron chi connectivity index (χ2n) is 6.28. The number of amides is 2. The van der Waals surface area contributed by atoms with E-state index in [0.29, 0.717) is 6.42 Å². The van der Waals surface area contributed by atoms with Gasteiger partial charge in [0.05, 0.1) is 0 Å². The van der Waals surface area contributed by atoms with Crippen LogP contribution in [0, 0.1) is 0 Å². The van der Waals surface area contributed by atoms with Gasteiger partial charge < -0.3 is 14.9 Å². The highest BCUT2D eigenvalue weighted by Gasteiger charge is 2.33. The molecule has 1 aliphatic rings. The summed E-state index contributed by atoms with van der Waals surface area (Å²) in [5.41, 5.74) is -0.175. The SMILES string of the molecule is CCC(C)(C)N(C)C(=O)N1CCCCC1CCC(=O)O. The van der Waals surface area contributed by atoms with E-state index in [0.717, 1.165) is 32.2 Å². The highest BCUT2D eigenvalue weighted by molar-refractivity contribution is 5.75. The van der Waals surface area contributed by atoms with Crippen molar-refractivity contribution < 1.29 is 14.7 Å². The number of hydrogen-bond acceptors (Lipinski definition) is 2. The van der Waals surface area contributed by atoms with E-state index in [1.807, 2.05) is 11.9 Å². The number of aliphatic carboxylic acids is 1. The van der Waals surface area contributed by atoms with Crippen molar-refractivity contribution in [3.05, 3.63) is 0 Å². The Bertz CT molecular complexity index is 355. The zero-order valence-electron chi connectivity index (χ0n) is 13.2. The Balaban J connectivity index is 2.74. The molecule has 0 spiro atoms. The number of likely N-dealkylation sites (tertiary alicyclic amines) is 1. The Kier molecular flexibility index (Phi) is 5.84. The van der Waals surface area contributed by atoms with Crippen LogP contribution in [-0.2, 0) is 4.79 Å². The molecular formula is C15H28N2O3. The fourth-order valence-electron chi connectivity index (χ4n) is 2.53. The lowest BCUT2D eigenvalue weighted by Gasteiger charge is -2.43. The van der Waals surface area contributed by atoms with E-state index in [1.54, 1.807) is 4.90 Å². The van der Waals surface area contributed by atoms with Crippen molar-refractivity contribution in [2.45, 2.75) is 70.9 Å². The Morgan fingerprint density at radius 1 is 1.35 bits per heavy atom. The van der Waals surface area contributed by atoms with Crippen LogP contribution < -0.4 is 0 Å². The first-order chi connectivity index (χ1) is 9.29. The minimum absolute atomic E-state index is 0.0342. The highest BCUT2D eigenvalue weighted by Crippen LogP contribution is 2.25. The summed E-state index contributed by atoms with van der Waals surface area (Å²) in [6, 6.07) is 0.106. The summed E-state index contributed by atoms with van der Waals surface area (Å²) in [6.07, 6.45) is 4.59. The van der Waals surface area contributed by atoms with E-state index in [9.17, 15) is 9.59 Å². The minimum atomic E-state index is -0.787. The second kappa shape index (κ2) is 6.95. The molecule has 5 heteroatoms. The van der Waals surface area contributed by atoms with Gasteiger partial charge in [0.25, 0.3) is 0 Å². The van der Waals surface area contributed by atoms with Crippen LogP contribution in [0.2, 0.25) is 0 Å². The number of urea groups is 1. The molecule has 1 rings (SSSR count). The van der Waals surface area contributed by atoms with E-state index >= 15 is 0 Å². The van der Waals surface area contributed by atoms with Crippen LogP contribution in [0.25, 0.3) is 0 Å². The standard InChI is InChI=1S/C15H28N2O3/c1-5-15(2,3)16(4)14(20)17-11-7-6-8-12(17)9-10-13(18)19/h12H,5-11H2,1-4H3,(H,18,19). The van der Waals surface area contributed by atoms with Crippen molar-refractivity contribution in [1.82, 2.24) is 9.80 Å². The van der Waals surface area contributed by atoms with E-state index in [1.165, 1.54) is 0 Å². The predicted molar refractivity (Wildman–Crippen MR) is 78.7 cm³/mol. The van der Waals surface area contributed by atoms with Gasteiger partial charge in [-0.05, 0) is 46.0 Å². The van der Waals surface area contributed by atoms with Gasteiger partial charge in [0.1, 0.15) is 0 Å². The molecule has 2 amide bonds. The topological polar surface area (TPSA) is 60.9 Å². The molecule has 0 radical (unpaired) electrons. The zero-order chi connectivity index (χ0) is 15.3. The fraction of sp³-hybridized carbons (Fsp3) is 0.867. The summed E-state index contributed by atoms with van der Waals surface area (Å²) in [6.45, 7) is 6.93. The first kappa shape index (κ1) is 16.8. The molecule has 1 aliphatic heterocycles. The number of carbonyl (C=O) groups excluding carboxylic acids is 1. The van der Waals surface area contributed by atoms with Gasteiger partial charge in [-0.15, -0.1) is 0 Å². The van der Waals surface area contributed by atoms with Crippen molar-refractivity contribution in [2.75, 3.05) is 13.6 Å². The third kappa shape index (κ3) is 4.12. The van der Waals surface area contributed by atoms with Gasteiger partial charge in [-0.2, -0.15) is 0 Å². The van der Waals surface area contributed by atoms with Crippen molar-refractivity contribution in [3.63, 3.8) is 0 Å². The molecule has 1 N–H and O–H groups in total. The Morgan fingerprint density at radius 2 is 2.00 bits per heavy atom. The van der Waals surface area contributed by atoms with Crippen molar-refractivity contribution >= 4 is 12.0 Å². The number of piperidine rings is 1. The average molecular weight is 284 g/mol. The Morgan fingerprint density at radius 3 is 2.55 bits per heavy atom. The maximum absolute atomic E-state index is 12.7. The number of rotatable bonds is 5. The molecular weight excluding hydrogens is 256 g/mol. The quantitative estimate of drug-likeness (QED) is 0.844. The number of hydrogen-bond donors (Lipinski definition) is 1. The average Bonchev–Trinajstić information content (AvgIpc) is 2.43. The van der Waals surface area contributed by atoms with Gasteiger partial charge in [0.15, 0.2) is 0 Å². The molecule has 1 atom stereocenters. The molecule has 0 aromatic rings. The summed E-state index contributed by atoms with van der Waals surface area (Å²) in [4.78, 5) is 27.1. The molecule has 0 aliphatic carbocycles. The summed E-state index contributed by atoms with van der Waals surface area (Å²) in [5, 5.41) is 8.83. The van der Waals surface area contributed by atoms with Crippen LogP contribution in [0.1, 0.15) is 59.3 Å². The predicted octanol–water partition coefficient (Wildman–Crippen LogP) is 2.95. The van der Waals surface area contributed by atoms with E-state index < -0.39 is 5.97 Å². The van der Waals surface area contributed by atoms with Crippen molar-refractivity contribution in [1.29, 1.82) is 0 Å². The molecule has 1 heterocycles. The molecule has 0 aromatic carbocycles. The lowest BCUT2D eigenvalue weighted by molar-refractivity contribution is -0.137. The van der Waals surface area contributed by atoms with Crippen LogP contribution in [-0.4, -0.2) is 52.1 Å². The van der Waals surface area contributed by atoms with Gasteiger partial charge in [0, 0.05) is 31.6 Å². The molecule has 1 fully saturated rings. The first-order valence-electron chi connectivity index (χ1n) is 7.56. The Labute approximate surface area is 121 Å². The third-order valence-corrected chi connectivity index (χ3v) is 4.62. The monoisotopic (exact) mass is 284 g/mol. The fourth-order valence-corrected chi connectivity index (χ4v) is 2.53. The van der Waals surface area contributed by atoms with Gasteiger partial charge in [-0.3, -0.25) is 4.79 Å². The van der Waals surface area contributed by atoms with Crippen LogP contribution in [0.5, 0.6) is 0 Å². The van der Waals surface area contributed by atoms with E-state index in [2.05, 4.69) is 20.8 Å². The molecule has 5 nitrogen and oxygen atoms in total.